The van der Waals surface area contributed by atoms with E-state index in [2.05, 4.69) is 41.7 Å². The minimum absolute atomic E-state index is 0.105. The third kappa shape index (κ3) is 7.08. The molecule has 1 aromatic carbocycles. The van der Waals surface area contributed by atoms with E-state index in [0.717, 1.165) is 30.4 Å². The number of fused-ring (bicyclic) bond motifs is 1. The molecule has 17 heteroatoms. The lowest BCUT2D eigenvalue weighted by molar-refractivity contribution is -0.141. The van der Waals surface area contributed by atoms with Gasteiger partial charge in [0.05, 0.1) is 40.7 Å². The number of nitrogens with one attached hydrogen (secondary N) is 5. The molecule has 1 aliphatic rings. The average Bonchev–Trinajstić information content (AvgIpc) is 3.73. The number of carbonyl (C=O) groups excluding carboxylic acids is 2. The number of nitriles is 1. The van der Waals surface area contributed by atoms with Crippen molar-refractivity contribution in [1.82, 2.24) is 45.4 Å². The van der Waals surface area contributed by atoms with Gasteiger partial charge in [0.15, 0.2) is 17.2 Å². The molecule has 3 aromatic heterocycles. The number of hydrogen-bond donors (Lipinski definition) is 5. The standard InChI is InChI=1S/C27H27ClF3N11O2/c28-20-11-16(1-2-18(20)26(44)36-7-6-34-14-22(43)38-17-3-5-33-12-17)39-24-25-37-13-21(42(25)10-8-35-24)19-15-41(9-4-32)40-23(19)27(29,30)31/h1-2,8,10-11,13,15,17,33-34H,3,5-7,9,12,14H2,(H,35,39)(H,36,44)(H,38,43)/t17-/m1/s1. The van der Waals surface area contributed by atoms with E-state index in [-0.39, 0.29) is 64.9 Å². The number of imidazole rings is 1. The minimum Gasteiger partial charge on any atom is -0.351 e. The van der Waals surface area contributed by atoms with Gasteiger partial charge in [-0.2, -0.15) is 23.5 Å². The normalized spacial score (nSPS) is 14.8. The summed E-state index contributed by atoms with van der Waals surface area (Å²) in [6.45, 7) is 2.09. The molecule has 1 atom stereocenters. The van der Waals surface area contributed by atoms with E-state index in [1.807, 2.05) is 0 Å². The summed E-state index contributed by atoms with van der Waals surface area (Å²) in [5, 5.41) is 27.5. The van der Waals surface area contributed by atoms with Gasteiger partial charge in [-0.15, -0.1) is 0 Å². The summed E-state index contributed by atoms with van der Waals surface area (Å²) in [5.74, 6) is -0.282. The van der Waals surface area contributed by atoms with Gasteiger partial charge in [0, 0.05) is 50.0 Å². The highest BCUT2D eigenvalue weighted by Crippen LogP contribution is 2.37. The first-order valence-corrected chi connectivity index (χ1v) is 13.9. The first-order chi connectivity index (χ1) is 21.1. The molecule has 5 rings (SSSR count). The van der Waals surface area contributed by atoms with Crippen LogP contribution in [0.5, 0.6) is 0 Å². The molecule has 0 bridgehead atoms. The molecule has 4 heterocycles. The van der Waals surface area contributed by atoms with Gasteiger partial charge >= 0.3 is 6.18 Å². The fourth-order valence-electron chi connectivity index (χ4n) is 4.71. The molecule has 0 radical (unpaired) electrons. The molecule has 0 aliphatic carbocycles. The number of benzene rings is 1. The van der Waals surface area contributed by atoms with Gasteiger partial charge in [0.25, 0.3) is 5.91 Å². The highest BCUT2D eigenvalue weighted by molar-refractivity contribution is 6.34. The molecular formula is C27H27ClF3N11O2. The van der Waals surface area contributed by atoms with Crippen LogP contribution in [0.1, 0.15) is 22.5 Å². The predicted octanol–water partition coefficient (Wildman–Crippen LogP) is 2.33. The largest absolute Gasteiger partial charge is 0.435 e. The Morgan fingerprint density at radius 1 is 1.23 bits per heavy atom. The second-order valence-electron chi connectivity index (χ2n) is 9.87. The molecule has 0 saturated carbocycles. The minimum atomic E-state index is -4.75. The number of alkyl halides is 3. The number of rotatable bonds is 11. The summed E-state index contributed by atoms with van der Waals surface area (Å²) in [5.41, 5.74) is -0.363. The fraction of sp³-hybridized carbons (Fsp3) is 0.333. The molecule has 0 spiro atoms. The Labute approximate surface area is 253 Å². The van der Waals surface area contributed by atoms with E-state index < -0.39 is 17.8 Å². The van der Waals surface area contributed by atoms with E-state index in [1.165, 1.54) is 35.1 Å². The van der Waals surface area contributed by atoms with Crippen LogP contribution < -0.4 is 26.6 Å². The fourth-order valence-corrected chi connectivity index (χ4v) is 4.98. The smallest absolute Gasteiger partial charge is 0.351 e. The summed E-state index contributed by atoms with van der Waals surface area (Å²) >= 11 is 6.39. The molecule has 13 nitrogen and oxygen atoms in total. The zero-order chi connectivity index (χ0) is 31.3. The van der Waals surface area contributed by atoms with Crippen molar-refractivity contribution in [3.63, 3.8) is 0 Å². The molecule has 1 saturated heterocycles. The van der Waals surface area contributed by atoms with Gasteiger partial charge in [-0.3, -0.25) is 18.7 Å². The van der Waals surface area contributed by atoms with Crippen molar-refractivity contribution in [2.75, 3.05) is 38.0 Å². The maximum atomic E-state index is 13.7. The Morgan fingerprint density at radius 2 is 2.07 bits per heavy atom. The number of aromatic nitrogens is 5. The number of carbonyl (C=O) groups is 2. The Hall–Kier alpha value is -4.72. The molecule has 44 heavy (non-hydrogen) atoms. The molecule has 230 valence electrons. The summed E-state index contributed by atoms with van der Waals surface area (Å²) in [7, 11) is 0. The van der Waals surface area contributed by atoms with Crippen LogP contribution >= 0.6 is 11.6 Å². The van der Waals surface area contributed by atoms with Crippen LogP contribution in [0.2, 0.25) is 5.02 Å². The van der Waals surface area contributed by atoms with Crippen LogP contribution in [0.25, 0.3) is 16.9 Å². The lowest BCUT2D eigenvalue weighted by atomic mass is 10.2. The summed E-state index contributed by atoms with van der Waals surface area (Å²) in [6.07, 6.45) is 1.41. The quantitative estimate of drug-likeness (QED) is 0.157. The molecule has 1 aliphatic heterocycles. The number of halogens is 4. The topological polar surface area (TPSA) is 166 Å². The van der Waals surface area contributed by atoms with Gasteiger partial charge in [-0.05, 0) is 31.2 Å². The van der Waals surface area contributed by atoms with E-state index >= 15 is 0 Å². The molecule has 0 unspecified atom stereocenters. The second-order valence-corrected chi connectivity index (χ2v) is 10.3. The van der Waals surface area contributed by atoms with Gasteiger partial charge in [-0.25, -0.2) is 9.97 Å². The molecule has 5 N–H and O–H groups in total. The Bertz CT molecular complexity index is 1710. The Balaban J connectivity index is 1.22. The predicted molar refractivity (Wildman–Crippen MR) is 154 cm³/mol. The zero-order valence-electron chi connectivity index (χ0n) is 23.1. The van der Waals surface area contributed by atoms with E-state index in [0.29, 0.717) is 12.2 Å². The number of nitrogens with zero attached hydrogens (tertiary/aromatic N) is 6. The first-order valence-electron chi connectivity index (χ1n) is 13.5. The molecule has 1 fully saturated rings. The van der Waals surface area contributed by atoms with E-state index in [4.69, 9.17) is 16.9 Å². The average molecular weight is 630 g/mol. The SMILES string of the molecule is N#CCn1cc(-c2cnc3c(Nc4ccc(C(=O)NCCNCC(=O)N[C@@H]5CCNC5)c(Cl)c4)nccn23)c(C(F)(F)F)n1. The van der Waals surface area contributed by atoms with Crippen molar-refractivity contribution in [2.45, 2.75) is 25.2 Å². The van der Waals surface area contributed by atoms with Crippen molar-refractivity contribution in [3.8, 4) is 17.3 Å². The monoisotopic (exact) mass is 629 g/mol. The van der Waals surface area contributed by atoms with Crippen molar-refractivity contribution in [2.24, 2.45) is 0 Å². The van der Waals surface area contributed by atoms with Crippen LogP contribution in [0.4, 0.5) is 24.7 Å². The third-order valence-corrected chi connectivity index (χ3v) is 7.05. The van der Waals surface area contributed by atoms with Gasteiger partial charge in [-0.1, -0.05) is 11.6 Å². The number of hydrogen-bond acceptors (Lipinski definition) is 9. The van der Waals surface area contributed by atoms with Crippen LogP contribution in [-0.2, 0) is 17.5 Å². The maximum absolute atomic E-state index is 13.7. The van der Waals surface area contributed by atoms with Crippen LogP contribution in [0.15, 0.2) is 43.0 Å². The highest BCUT2D eigenvalue weighted by Gasteiger charge is 2.38. The van der Waals surface area contributed by atoms with E-state index in [1.54, 1.807) is 12.1 Å². The number of anilines is 2. The molecule has 4 aromatic rings. The van der Waals surface area contributed by atoms with Crippen LogP contribution in [-0.4, -0.2) is 74.7 Å². The lowest BCUT2D eigenvalue weighted by Gasteiger charge is -2.12. The number of amides is 2. The van der Waals surface area contributed by atoms with Gasteiger partial charge in [0.1, 0.15) is 6.54 Å². The second kappa shape index (κ2) is 13.3. The Kier molecular flexibility index (Phi) is 9.28. The van der Waals surface area contributed by atoms with Crippen molar-refractivity contribution >= 4 is 40.6 Å². The summed E-state index contributed by atoms with van der Waals surface area (Å²) in [4.78, 5) is 33.1. The summed E-state index contributed by atoms with van der Waals surface area (Å²) in [6, 6.07) is 6.55. The first kappa shape index (κ1) is 30.7. The van der Waals surface area contributed by atoms with Crippen LogP contribution in [0, 0.1) is 11.3 Å². The third-order valence-electron chi connectivity index (χ3n) is 6.74. The molecule has 2 amide bonds. The summed E-state index contributed by atoms with van der Waals surface area (Å²) < 4.78 is 43.5. The van der Waals surface area contributed by atoms with Crippen molar-refractivity contribution in [3.05, 3.63) is 59.3 Å². The zero-order valence-corrected chi connectivity index (χ0v) is 23.8. The lowest BCUT2D eigenvalue weighted by Crippen LogP contribution is -2.42. The van der Waals surface area contributed by atoms with Crippen molar-refractivity contribution < 1.29 is 22.8 Å². The van der Waals surface area contributed by atoms with Gasteiger partial charge in [0.2, 0.25) is 5.91 Å². The van der Waals surface area contributed by atoms with Crippen molar-refractivity contribution in [1.29, 1.82) is 5.26 Å². The Morgan fingerprint density at radius 3 is 2.80 bits per heavy atom. The maximum Gasteiger partial charge on any atom is 0.435 e. The highest BCUT2D eigenvalue weighted by atomic mass is 35.5. The van der Waals surface area contributed by atoms with Crippen LogP contribution in [0.3, 0.4) is 0 Å². The molecular weight excluding hydrogens is 603 g/mol. The van der Waals surface area contributed by atoms with E-state index in [9.17, 15) is 22.8 Å². The van der Waals surface area contributed by atoms with Gasteiger partial charge < -0.3 is 26.6 Å².